The van der Waals surface area contributed by atoms with Crippen LogP contribution in [0.1, 0.15) is 6.92 Å². The molecule has 1 aliphatic rings. The van der Waals surface area contributed by atoms with Gasteiger partial charge in [-0.05, 0) is 17.3 Å². The first-order valence-corrected chi connectivity index (χ1v) is 5.96. The predicted molar refractivity (Wildman–Crippen MR) is 67.1 cm³/mol. The van der Waals surface area contributed by atoms with Gasteiger partial charge in [0, 0.05) is 17.5 Å². The lowest BCUT2D eigenvalue weighted by Gasteiger charge is -2.37. The molecule has 0 saturated carbocycles. The van der Waals surface area contributed by atoms with Crippen LogP contribution < -0.4 is 5.32 Å². The zero-order valence-corrected chi connectivity index (χ0v) is 10.2. The summed E-state index contributed by atoms with van der Waals surface area (Å²) in [6.45, 7) is 4.52. The van der Waals surface area contributed by atoms with E-state index < -0.39 is 0 Å². The number of benzene rings is 1. The summed E-state index contributed by atoms with van der Waals surface area (Å²) in [5.41, 5.74) is 1.12. The minimum absolute atomic E-state index is 0.188. The largest absolute Gasteiger partial charge is 0.380 e. The van der Waals surface area contributed by atoms with Crippen molar-refractivity contribution in [3.63, 3.8) is 0 Å². The van der Waals surface area contributed by atoms with E-state index in [4.69, 9.17) is 9.26 Å². The molecule has 2 heterocycles. The van der Waals surface area contributed by atoms with Gasteiger partial charge in [0.05, 0.1) is 13.2 Å². The number of rotatable bonds is 4. The highest BCUT2D eigenvalue weighted by Gasteiger charge is 2.33. The smallest absolute Gasteiger partial charge is 0.263 e. The Morgan fingerprint density at radius 2 is 2.06 bits per heavy atom. The SMILES string of the molecule is CC1(CNc2noc(-c3ccccc3)n2)COC1. The van der Waals surface area contributed by atoms with Crippen LogP contribution in [0.4, 0.5) is 5.95 Å². The number of aromatic nitrogens is 2. The lowest BCUT2D eigenvalue weighted by Crippen LogP contribution is -2.45. The van der Waals surface area contributed by atoms with Crippen LogP contribution in [0.5, 0.6) is 0 Å². The average molecular weight is 245 g/mol. The number of ether oxygens (including phenoxy) is 1. The molecule has 0 unspecified atom stereocenters. The van der Waals surface area contributed by atoms with Crippen LogP contribution in [0.15, 0.2) is 34.9 Å². The van der Waals surface area contributed by atoms with Gasteiger partial charge in [-0.15, -0.1) is 0 Å². The molecule has 5 heteroatoms. The topological polar surface area (TPSA) is 60.2 Å². The molecule has 3 rings (SSSR count). The lowest BCUT2D eigenvalue weighted by molar-refractivity contribution is -0.0925. The van der Waals surface area contributed by atoms with Crippen LogP contribution in [-0.2, 0) is 4.74 Å². The molecule has 0 spiro atoms. The second kappa shape index (κ2) is 4.42. The van der Waals surface area contributed by atoms with Gasteiger partial charge in [-0.25, -0.2) is 0 Å². The molecule has 0 amide bonds. The van der Waals surface area contributed by atoms with Crippen LogP contribution in [-0.4, -0.2) is 29.9 Å². The second-order valence-corrected chi connectivity index (χ2v) is 4.95. The third-order valence-electron chi connectivity index (χ3n) is 3.02. The summed E-state index contributed by atoms with van der Waals surface area (Å²) >= 11 is 0. The molecule has 0 bridgehead atoms. The summed E-state index contributed by atoms with van der Waals surface area (Å²) < 4.78 is 10.4. The zero-order valence-electron chi connectivity index (χ0n) is 10.2. The maximum atomic E-state index is 5.21. The van der Waals surface area contributed by atoms with Crippen LogP contribution in [0.2, 0.25) is 0 Å². The average Bonchev–Trinajstić information content (AvgIpc) is 2.84. The molecule has 1 N–H and O–H groups in total. The van der Waals surface area contributed by atoms with Crippen molar-refractivity contribution < 1.29 is 9.26 Å². The molecule has 1 aliphatic heterocycles. The molecule has 2 aromatic rings. The summed E-state index contributed by atoms with van der Waals surface area (Å²) in [5, 5.41) is 7.10. The Balaban J connectivity index is 1.66. The third-order valence-corrected chi connectivity index (χ3v) is 3.02. The van der Waals surface area contributed by atoms with Gasteiger partial charge in [-0.1, -0.05) is 25.1 Å². The summed E-state index contributed by atoms with van der Waals surface area (Å²) in [5.74, 6) is 1.06. The van der Waals surface area contributed by atoms with E-state index in [1.807, 2.05) is 30.3 Å². The number of hydrogen-bond acceptors (Lipinski definition) is 5. The second-order valence-electron chi connectivity index (χ2n) is 4.95. The zero-order chi connectivity index (χ0) is 12.4. The van der Waals surface area contributed by atoms with Gasteiger partial charge in [0.1, 0.15) is 0 Å². The van der Waals surface area contributed by atoms with Crippen LogP contribution in [0.3, 0.4) is 0 Å². The van der Waals surface area contributed by atoms with Crippen LogP contribution >= 0.6 is 0 Å². The highest BCUT2D eigenvalue weighted by atomic mass is 16.5. The molecule has 5 nitrogen and oxygen atoms in total. The minimum atomic E-state index is 0.188. The first-order valence-electron chi connectivity index (χ1n) is 5.96. The fraction of sp³-hybridized carbons (Fsp3) is 0.385. The maximum Gasteiger partial charge on any atom is 0.263 e. The minimum Gasteiger partial charge on any atom is -0.380 e. The summed E-state index contributed by atoms with van der Waals surface area (Å²) in [6.07, 6.45) is 0. The molecule has 1 aromatic heterocycles. The van der Waals surface area contributed by atoms with Gasteiger partial charge in [-0.3, -0.25) is 0 Å². The Hall–Kier alpha value is -1.88. The Morgan fingerprint density at radius 3 is 2.72 bits per heavy atom. The van der Waals surface area contributed by atoms with Gasteiger partial charge in [0.15, 0.2) is 0 Å². The molecule has 1 aromatic carbocycles. The molecule has 94 valence electrons. The molecular weight excluding hydrogens is 230 g/mol. The fourth-order valence-electron chi connectivity index (χ4n) is 1.84. The van der Waals surface area contributed by atoms with Gasteiger partial charge >= 0.3 is 0 Å². The Morgan fingerprint density at radius 1 is 1.28 bits per heavy atom. The molecule has 18 heavy (non-hydrogen) atoms. The predicted octanol–water partition coefficient (Wildman–Crippen LogP) is 2.18. The highest BCUT2D eigenvalue weighted by molar-refractivity contribution is 5.53. The number of anilines is 1. The lowest BCUT2D eigenvalue weighted by atomic mass is 9.89. The summed E-state index contributed by atoms with van der Waals surface area (Å²) in [4.78, 5) is 4.31. The Bertz CT molecular complexity index is 520. The van der Waals surface area contributed by atoms with E-state index in [9.17, 15) is 0 Å². The van der Waals surface area contributed by atoms with Gasteiger partial charge in [0.2, 0.25) is 0 Å². The molecule has 1 fully saturated rings. The third kappa shape index (κ3) is 2.22. The van der Waals surface area contributed by atoms with E-state index in [0.29, 0.717) is 11.8 Å². The van der Waals surface area contributed by atoms with E-state index in [2.05, 4.69) is 22.4 Å². The number of hydrogen-bond donors (Lipinski definition) is 1. The van der Waals surface area contributed by atoms with E-state index >= 15 is 0 Å². The standard InChI is InChI=1S/C13H15N3O2/c1-13(8-17-9-13)7-14-12-15-11(18-16-12)10-5-3-2-4-6-10/h2-6H,7-9H2,1H3,(H,14,16). The molecular formula is C13H15N3O2. The van der Waals surface area contributed by atoms with E-state index in [0.717, 1.165) is 25.3 Å². The van der Waals surface area contributed by atoms with Crippen molar-refractivity contribution >= 4 is 5.95 Å². The number of nitrogens with zero attached hydrogens (tertiary/aromatic N) is 2. The quantitative estimate of drug-likeness (QED) is 0.894. The van der Waals surface area contributed by atoms with E-state index in [1.54, 1.807) is 0 Å². The Labute approximate surface area is 105 Å². The van der Waals surface area contributed by atoms with Gasteiger partial charge in [0.25, 0.3) is 11.8 Å². The van der Waals surface area contributed by atoms with Gasteiger partial charge < -0.3 is 14.6 Å². The molecule has 1 saturated heterocycles. The van der Waals surface area contributed by atoms with E-state index in [1.165, 1.54) is 0 Å². The van der Waals surface area contributed by atoms with Crippen molar-refractivity contribution in [2.45, 2.75) is 6.92 Å². The van der Waals surface area contributed by atoms with E-state index in [-0.39, 0.29) is 5.41 Å². The molecule has 0 aliphatic carbocycles. The molecule has 0 radical (unpaired) electrons. The Kier molecular flexibility index (Phi) is 2.76. The first kappa shape index (κ1) is 11.2. The fourth-order valence-corrected chi connectivity index (χ4v) is 1.84. The van der Waals surface area contributed by atoms with Gasteiger partial charge in [-0.2, -0.15) is 4.98 Å². The number of nitrogens with one attached hydrogen (secondary N) is 1. The van der Waals surface area contributed by atoms with Crippen molar-refractivity contribution in [1.82, 2.24) is 10.1 Å². The maximum absolute atomic E-state index is 5.21. The normalized spacial score (nSPS) is 17.2. The van der Waals surface area contributed by atoms with Crippen molar-refractivity contribution in [3.8, 4) is 11.5 Å². The van der Waals surface area contributed by atoms with Crippen molar-refractivity contribution in [2.24, 2.45) is 5.41 Å². The van der Waals surface area contributed by atoms with Crippen molar-refractivity contribution in [3.05, 3.63) is 30.3 Å². The molecule has 0 atom stereocenters. The summed E-state index contributed by atoms with van der Waals surface area (Å²) in [7, 11) is 0. The first-order chi connectivity index (χ1) is 8.75. The van der Waals surface area contributed by atoms with Crippen molar-refractivity contribution in [2.75, 3.05) is 25.1 Å². The van der Waals surface area contributed by atoms with Crippen molar-refractivity contribution in [1.29, 1.82) is 0 Å². The monoisotopic (exact) mass is 245 g/mol. The summed E-state index contributed by atoms with van der Waals surface area (Å²) in [6, 6.07) is 9.73. The van der Waals surface area contributed by atoms with Crippen LogP contribution in [0.25, 0.3) is 11.5 Å². The van der Waals surface area contributed by atoms with Crippen LogP contribution in [0, 0.1) is 5.41 Å². The highest BCUT2D eigenvalue weighted by Crippen LogP contribution is 2.26.